The summed E-state index contributed by atoms with van der Waals surface area (Å²) in [4.78, 5) is 0. The molecule has 0 fully saturated rings. The van der Waals surface area contributed by atoms with Gasteiger partial charge in [0.05, 0.1) is 0 Å². The van der Waals surface area contributed by atoms with E-state index in [2.05, 4.69) is 0 Å². The minimum atomic E-state index is -1.36. The molecule has 5 heteroatoms. The molecule has 0 aromatic heterocycles. The Morgan fingerprint density at radius 1 is 1.22 bits per heavy atom. The third-order valence-electron chi connectivity index (χ3n) is 0.804. The van der Waals surface area contributed by atoms with Crippen LogP contribution in [0.5, 0.6) is 0 Å². The summed E-state index contributed by atoms with van der Waals surface area (Å²) in [6, 6.07) is 0. The summed E-state index contributed by atoms with van der Waals surface area (Å²) in [6.45, 7) is 0.832. The SMILES string of the molecule is [O]=[Mo][N](CCO)CCO. The maximum absolute atomic E-state index is 10.2. The van der Waals surface area contributed by atoms with Gasteiger partial charge < -0.3 is 0 Å². The van der Waals surface area contributed by atoms with Crippen molar-refractivity contribution in [2.24, 2.45) is 0 Å². The van der Waals surface area contributed by atoms with Gasteiger partial charge in [-0.25, -0.2) is 0 Å². The zero-order valence-electron chi connectivity index (χ0n) is 4.99. The molecule has 0 atom stereocenters. The number of hydrogen-bond acceptors (Lipinski definition) is 3. The standard InChI is InChI=1S/C4H10NO2.Mo.O/c6-3-1-5-2-4-7;;/h6-7H,1-4H2;;/q-1;+1;. The fourth-order valence-corrected chi connectivity index (χ4v) is 1.18. The predicted octanol–water partition coefficient (Wildman–Crippen LogP) is -1.38. The molecule has 0 rings (SSSR count). The first-order valence-corrected chi connectivity index (χ1v) is 4.33. The van der Waals surface area contributed by atoms with Gasteiger partial charge in [0.1, 0.15) is 0 Å². The summed E-state index contributed by atoms with van der Waals surface area (Å²) in [5, 5.41) is 16.7. The molecule has 9 heavy (non-hydrogen) atoms. The maximum atomic E-state index is 10.2. The molecule has 0 spiro atoms. The van der Waals surface area contributed by atoms with Crippen LogP contribution < -0.4 is 0 Å². The second-order valence-electron chi connectivity index (χ2n) is 1.45. The second-order valence-corrected chi connectivity index (χ2v) is 3.09. The van der Waals surface area contributed by atoms with Crippen molar-refractivity contribution >= 4 is 0 Å². The number of hydrogen-bond donors (Lipinski definition) is 2. The Bertz CT molecular complexity index is 74.2. The van der Waals surface area contributed by atoms with Crippen molar-refractivity contribution in [1.29, 1.82) is 0 Å². The van der Waals surface area contributed by atoms with E-state index in [4.69, 9.17) is 10.2 Å². The molecule has 55 valence electrons. The molecule has 0 aliphatic carbocycles. The van der Waals surface area contributed by atoms with Crippen LogP contribution in [0, 0.1) is 0 Å². The summed E-state index contributed by atoms with van der Waals surface area (Å²) < 4.78 is 11.8. The van der Waals surface area contributed by atoms with Crippen molar-refractivity contribution in [1.82, 2.24) is 3.46 Å². The summed E-state index contributed by atoms with van der Waals surface area (Å²) >= 11 is -1.36. The van der Waals surface area contributed by atoms with Gasteiger partial charge in [0.2, 0.25) is 0 Å². The molecule has 0 aliphatic heterocycles. The monoisotopic (exact) mass is 218 g/mol. The molecule has 2 N–H and O–H groups in total. The molecule has 4 nitrogen and oxygen atoms in total. The number of aliphatic hydroxyl groups excluding tert-OH is 2. The molecular weight excluding hydrogens is 206 g/mol. The Morgan fingerprint density at radius 3 is 1.89 bits per heavy atom. The van der Waals surface area contributed by atoms with Crippen LogP contribution in [0.1, 0.15) is 0 Å². The zero-order valence-corrected chi connectivity index (χ0v) is 6.99. The minimum absolute atomic E-state index is 0.00694. The van der Waals surface area contributed by atoms with Gasteiger partial charge in [0, 0.05) is 0 Å². The van der Waals surface area contributed by atoms with Crippen LogP contribution in [-0.4, -0.2) is 40.0 Å². The molecule has 0 saturated carbocycles. The normalized spacial score (nSPS) is 10.1. The van der Waals surface area contributed by atoms with Gasteiger partial charge in [-0.2, -0.15) is 0 Å². The van der Waals surface area contributed by atoms with Crippen molar-refractivity contribution < 1.29 is 32.4 Å². The van der Waals surface area contributed by atoms with Crippen LogP contribution in [0.3, 0.4) is 0 Å². The number of nitrogens with zero attached hydrogens (tertiary/aromatic N) is 1. The Labute approximate surface area is 62.6 Å². The fraction of sp³-hybridized carbons (Fsp3) is 1.00. The van der Waals surface area contributed by atoms with Crippen LogP contribution in [0.4, 0.5) is 0 Å². The van der Waals surface area contributed by atoms with E-state index in [1.165, 1.54) is 0 Å². The van der Waals surface area contributed by atoms with Gasteiger partial charge in [0.25, 0.3) is 0 Å². The summed E-state index contributed by atoms with van der Waals surface area (Å²) in [5.74, 6) is 0. The van der Waals surface area contributed by atoms with E-state index in [1.54, 1.807) is 3.46 Å². The fourth-order valence-electron chi connectivity index (χ4n) is 0.409. The van der Waals surface area contributed by atoms with Crippen LogP contribution >= 0.6 is 0 Å². The van der Waals surface area contributed by atoms with Gasteiger partial charge in [-0.05, 0) is 0 Å². The van der Waals surface area contributed by atoms with Crippen molar-refractivity contribution in [3.8, 4) is 0 Å². The second kappa shape index (κ2) is 6.49. The van der Waals surface area contributed by atoms with Gasteiger partial charge in [-0.1, -0.05) is 0 Å². The van der Waals surface area contributed by atoms with E-state index in [-0.39, 0.29) is 13.2 Å². The van der Waals surface area contributed by atoms with Gasteiger partial charge in [0.15, 0.2) is 0 Å². The third kappa shape index (κ3) is 4.85. The van der Waals surface area contributed by atoms with E-state index in [0.29, 0.717) is 13.1 Å². The molecule has 0 unspecified atom stereocenters. The average Bonchev–Trinajstić information content (AvgIpc) is 1.88. The molecule has 0 radical (unpaired) electrons. The summed E-state index contributed by atoms with van der Waals surface area (Å²) in [7, 11) is 0. The van der Waals surface area contributed by atoms with E-state index in [1.807, 2.05) is 0 Å². The summed E-state index contributed by atoms with van der Waals surface area (Å²) in [6.07, 6.45) is 0. The molecule has 0 aromatic rings. The Kier molecular flexibility index (Phi) is 6.75. The van der Waals surface area contributed by atoms with Crippen molar-refractivity contribution in [3.63, 3.8) is 0 Å². The first-order valence-electron chi connectivity index (χ1n) is 2.61. The first-order chi connectivity index (χ1) is 4.35. The van der Waals surface area contributed by atoms with Crippen molar-refractivity contribution in [3.05, 3.63) is 0 Å². The quantitative estimate of drug-likeness (QED) is 0.556. The topological polar surface area (TPSA) is 60.8 Å². The Balaban J connectivity index is 3.29. The van der Waals surface area contributed by atoms with Gasteiger partial charge in [-0.3, -0.25) is 0 Å². The molecule has 0 bridgehead atoms. The number of rotatable bonds is 5. The first kappa shape index (κ1) is 9.37. The third-order valence-corrected chi connectivity index (χ3v) is 2.22. The van der Waals surface area contributed by atoms with Crippen molar-refractivity contribution in [2.75, 3.05) is 26.3 Å². The Morgan fingerprint density at radius 2 is 1.67 bits per heavy atom. The van der Waals surface area contributed by atoms with Crippen molar-refractivity contribution in [2.45, 2.75) is 0 Å². The summed E-state index contributed by atoms with van der Waals surface area (Å²) in [5.41, 5.74) is 0. The zero-order chi connectivity index (χ0) is 7.11. The van der Waals surface area contributed by atoms with E-state index < -0.39 is 18.8 Å². The van der Waals surface area contributed by atoms with Crippen LogP contribution in [-0.2, 0) is 22.2 Å². The van der Waals surface area contributed by atoms with E-state index in [0.717, 1.165) is 0 Å². The molecule has 0 aliphatic rings. The molecule has 0 aromatic carbocycles. The molecule has 0 heterocycles. The van der Waals surface area contributed by atoms with E-state index >= 15 is 0 Å². The van der Waals surface area contributed by atoms with E-state index in [9.17, 15) is 3.40 Å². The molecular formula is C4H10MoNO3. The molecule has 0 amide bonds. The van der Waals surface area contributed by atoms with Crippen LogP contribution in [0.2, 0.25) is 0 Å². The van der Waals surface area contributed by atoms with Crippen LogP contribution in [0.15, 0.2) is 0 Å². The Hall–Kier alpha value is 0.368. The van der Waals surface area contributed by atoms with Gasteiger partial charge in [-0.15, -0.1) is 0 Å². The van der Waals surface area contributed by atoms with Crippen LogP contribution in [0.25, 0.3) is 0 Å². The number of aliphatic hydroxyl groups is 2. The average molecular weight is 216 g/mol. The molecule has 0 saturated heterocycles. The van der Waals surface area contributed by atoms with Gasteiger partial charge >= 0.3 is 62.1 Å². The predicted molar refractivity (Wildman–Crippen MR) is 26.4 cm³/mol.